The molecule has 4 heteroatoms. The molecule has 22 heavy (non-hydrogen) atoms. The van der Waals surface area contributed by atoms with Gasteiger partial charge in [-0.15, -0.1) is 0 Å². The van der Waals surface area contributed by atoms with Gasteiger partial charge in [-0.25, -0.2) is 0 Å². The zero-order valence-corrected chi connectivity index (χ0v) is 13.6. The Balaban J connectivity index is 2.48. The third-order valence-electron chi connectivity index (χ3n) is 3.78. The first-order valence-electron chi connectivity index (χ1n) is 6.80. The van der Waals surface area contributed by atoms with Crippen LogP contribution in [0, 0.1) is 13.8 Å². The monoisotopic (exact) mass is 332 g/mol. The fraction of sp³-hybridized carbons (Fsp3) is 0.111. The summed E-state index contributed by atoms with van der Waals surface area (Å²) in [6, 6.07) is 10.9. The summed E-state index contributed by atoms with van der Waals surface area (Å²) in [7, 11) is 0. The van der Waals surface area contributed by atoms with Gasteiger partial charge in [0.15, 0.2) is 0 Å². The highest BCUT2D eigenvalue weighted by Gasteiger charge is 2.20. The van der Waals surface area contributed by atoms with E-state index in [0.717, 1.165) is 21.9 Å². The molecule has 3 aromatic rings. The van der Waals surface area contributed by atoms with Crippen molar-refractivity contribution >= 4 is 34.0 Å². The normalized spacial score (nSPS) is 11.1. The quantitative estimate of drug-likeness (QED) is 0.587. The van der Waals surface area contributed by atoms with Gasteiger partial charge >= 0.3 is 0 Å². The Morgan fingerprint density at radius 2 is 1.59 bits per heavy atom. The molecule has 0 aliphatic heterocycles. The van der Waals surface area contributed by atoms with Gasteiger partial charge in [-0.2, -0.15) is 0 Å². The molecular weight excluding hydrogens is 319 g/mol. The molecule has 0 aromatic heterocycles. The number of aromatic hydroxyl groups is 2. The van der Waals surface area contributed by atoms with Crippen LogP contribution in [0.5, 0.6) is 11.5 Å². The van der Waals surface area contributed by atoms with E-state index < -0.39 is 0 Å². The molecule has 0 heterocycles. The molecule has 2 nitrogen and oxygen atoms in total. The van der Waals surface area contributed by atoms with Crippen LogP contribution in [-0.2, 0) is 0 Å². The first-order valence-corrected chi connectivity index (χ1v) is 7.56. The molecule has 0 spiro atoms. The van der Waals surface area contributed by atoms with Crippen LogP contribution in [0.3, 0.4) is 0 Å². The van der Waals surface area contributed by atoms with Crippen molar-refractivity contribution in [2.24, 2.45) is 0 Å². The molecule has 0 aliphatic carbocycles. The maximum Gasteiger partial charge on any atom is 0.143 e. The number of hydrogen-bond donors (Lipinski definition) is 2. The van der Waals surface area contributed by atoms with E-state index >= 15 is 0 Å². The van der Waals surface area contributed by atoms with Gasteiger partial charge < -0.3 is 10.2 Å². The van der Waals surface area contributed by atoms with Crippen LogP contribution >= 0.6 is 23.2 Å². The van der Waals surface area contributed by atoms with Gasteiger partial charge in [-0.1, -0.05) is 53.0 Å². The van der Waals surface area contributed by atoms with Crippen molar-refractivity contribution in [1.29, 1.82) is 0 Å². The van der Waals surface area contributed by atoms with E-state index in [4.69, 9.17) is 23.2 Å². The largest absolute Gasteiger partial charge is 0.507 e. The molecule has 112 valence electrons. The Bertz CT molecular complexity index is 875. The first-order chi connectivity index (χ1) is 10.4. The minimum absolute atomic E-state index is 0.0511. The molecular formula is C18H14Cl2O2. The third-order valence-corrected chi connectivity index (χ3v) is 4.55. The second-order valence-corrected chi connectivity index (χ2v) is 6.18. The van der Waals surface area contributed by atoms with E-state index in [1.54, 1.807) is 12.1 Å². The van der Waals surface area contributed by atoms with Crippen molar-refractivity contribution < 1.29 is 10.2 Å². The van der Waals surface area contributed by atoms with Crippen LogP contribution in [0.25, 0.3) is 21.9 Å². The second kappa shape index (κ2) is 5.38. The summed E-state index contributed by atoms with van der Waals surface area (Å²) in [5.74, 6) is -0.0733. The number of phenolic OH excluding ortho intramolecular Hbond substituents is 2. The highest BCUT2D eigenvalue weighted by atomic mass is 35.5. The lowest BCUT2D eigenvalue weighted by atomic mass is 9.94. The predicted octanol–water partition coefficient (Wildman–Crippen LogP) is 5.84. The molecule has 0 saturated carbocycles. The summed E-state index contributed by atoms with van der Waals surface area (Å²) in [4.78, 5) is 0. The molecule has 3 aromatic carbocycles. The van der Waals surface area contributed by atoms with Gasteiger partial charge in [0.25, 0.3) is 0 Å². The minimum atomic E-state index is -0.124. The predicted molar refractivity (Wildman–Crippen MR) is 92.2 cm³/mol. The summed E-state index contributed by atoms with van der Waals surface area (Å²) < 4.78 is 0. The average molecular weight is 333 g/mol. The SMILES string of the molecule is Cc1ccc2c(-c3c(O)c(Cl)cc(C)c3Cl)c(O)ccc2c1. The van der Waals surface area contributed by atoms with E-state index in [9.17, 15) is 10.2 Å². The zero-order valence-electron chi connectivity index (χ0n) is 12.1. The lowest BCUT2D eigenvalue weighted by Gasteiger charge is -2.15. The molecule has 0 saturated heterocycles. The van der Waals surface area contributed by atoms with Gasteiger partial charge in [0.2, 0.25) is 0 Å². The van der Waals surface area contributed by atoms with Crippen molar-refractivity contribution in [2.45, 2.75) is 13.8 Å². The number of hydrogen-bond acceptors (Lipinski definition) is 2. The van der Waals surface area contributed by atoms with Gasteiger partial charge in [-0.05, 0) is 42.3 Å². The smallest absolute Gasteiger partial charge is 0.143 e. The molecule has 0 radical (unpaired) electrons. The fourth-order valence-corrected chi connectivity index (χ4v) is 3.17. The van der Waals surface area contributed by atoms with E-state index in [0.29, 0.717) is 16.1 Å². The molecule has 3 rings (SSSR count). The lowest BCUT2D eigenvalue weighted by Crippen LogP contribution is -1.89. The average Bonchev–Trinajstić information content (AvgIpc) is 2.47. The van der Waals surface area contributed by atoms with Gasteiger partial charge in [0.1, 0.15) is 11.5 Å². The Hall–Kier alpha value is -1.90. The van der Waals surface area contributed by atoms with E-state index in [1.165, 1.54) is 0 Å². The third kappa shape index (κ3) is 2.29. The lowest BCUT2D eigenvalue weighted by molar-refractivity contribution is 0.470. The second-order valence-electron chi connectivity index (χ2n) is 5.40. The number of aryl methyl sites for hydroxylation is 2. The summed E-state index contributed by atoms with van der Waals surface area (Å²) in [6.07, 6.45) is 0. The van der Waals surface area contributed by atoms with Crippen LogP contribution < -0.4 is 0 Å². The van der Waals surface area contributed by atoms with Crippen molar-refractivity contribution in [3.63, 3.8) is 0 Å². The maximum atomic E-state index is 10.4. The van der Waals surface area contributed by atoms with Crippen LogP contribution in [0.1, 0.15) is 11.1 Å². The van der Waals surface area contributed by atoms with Gasteiger partial charge in [-0.3, -0.25) is 0 Å². The molecule has 0 atom stereocenters. The Morgan fingerprint density at radius 1 is 0.864 bits per heavy atom. The Kier molecular flexibility index (Phi) is 3.67. The number of rotatable bonds is 1. The zero-order chi connectivity index (χ0) is 16.0. The van der Waals surface area contributed by atoms with Crippen LogP contribution in [-0.4, -0.2) is 10.2 Å². The van der Waals surface area contributed by atoms with Crippen molar-refractivity contribution in [3.8, 4) is 22.6 Å². The highest BCUT2D eigenvalue weighted by molar-refractivity contribution is 6.38. The summed E-state index contributed by atoms with van der Waals surface area (Å²) >= 11 is 12.5. The van der Waals surface area contributed by atoms with E-state index in [-0.39, 0.29) is 16.5 Å². The molecule has 0 aliphatic rings. The molecule has 2 N–H and O–H groups in total. The van der Waals surface area contributed by atoms with E-state index in [2.05, 4.69) is 0 Å². The minimum Gasteiger partial charge on any atom is -0.507 e. The number of phenols is 2. The van der Waals surface area contributed by atoms with Crippen molar-refractivity contribution in [2.75, 3.05) is 0 Å². The number of halogens is 2. The van der Waals surface area contributed by atoms with Crippen molar-refractivity contribution in [1.82, 2.24) is 0 Å². The first kappa shape index (κ1) is 15.0. The Morgan fingerprint density at radius 3 is 2.32 bits per heavy atom. The topological polar surface area (TPSA) is 40.5 Å². The Labute approximate surface area is 138 Å². The standard InChI is InChI=1S/C18H14Cl2O2/c1-9-3-5-12-11(7-9)4-6-14(21)15(12)16-17(20)10(2)8-13(19)18(16)22/h3-8,21-22H,1-2H3. The van der Waals surface area contributed by atoms with Crippen molar-refractivity contribution in [3.05, 3.63) is 57.6 Å². The summed E-state index contributed by atoms with van der Waals surface area (Å²) in [6.45, 7) is 3.81. The molecule has 0 bridgehead atoms. The van der Waals surface area contributed by atoms with Crippen LogP contribution in [0.4, 0.5) is 0 Å². The number of fused-ring (bicyclic) bond motifs is 1. The summed E-state index contributed by atoms with van der Waals surface area (Å²) in [5, 5.41) is 23.1. The maximum absolute atomic E-state index is 10.4. The van der Waals surface area contributed by atoms with Crippen LogP contribution in [0.15, 0.2) is 36.4 Å². The molecule has 0 fully saturated rings. The molecule has 0 amide bonds. The fourth-order valence-electron chi connectivity index (χ4n) is 2.67. The summed E-state index contributed by atoms with van der Waals surface area (Å²) in [5.41, 5.74) is 2.70. The highest BCUT2D eigenvalue weighted by Crippen LogP contribution is 2.48. The van der Waals surface area contributed by atoms with Gasteiger partial charge in [0, 0.05) is 11.1 Å². The van der Waals surface area contributed by atoms with Gasteiger partial charge in [0.05, 0.1) is 10.0 Å². The molecule has 0 unspecified atom stereocenters. The number of benzene rings is 3. The van der Waals surface area contributed by atoms with E-state index in [1.807, 2.05) is 38.1 Å². The van der Waals surface area contributed by atoms with Crippen LogP contribution in [0.2, 0.25) is 10.0 Å².